The van der Waals surface area contributed by atoms with Crippen LogP contribution in [0, 0.1) is 12.8 Å². The highest BCUT2D eigenvalue weighted by Gasteiger charge is 2.17. The minimum absolute atomic E-state index is 0.499. The Balaban J connectivity index is 2.47. The summed E-state index contributed by atoms with van der Waals surface area (Å²) in [7, 11) is 0. The van der Waals surface area contributed by atoms with E-state index < -0.39 is 0 Å². The van der Waals surface area contributed by atoms with Crippen LogP contribution >= 0.6 is 15.9 Å². The van der Waals surface area contributed by atoms with Crippen LogP contribution in [0.1, 0.15) is 25.0 Å². The van der Waals surface area contributed by atoms with Gasteiger partial charge in [-0.1, -0.05) is 34.9 Å². The van der Waals surface area contributed by atoms with Crippen molar-refractivity contribution in [2.45, 2.75) is 27.2 Å². The minimum Gasteiger partial charge on any atom is -0.381 e. The van der Waals surface area contributed by atoms with Crippen molar-refractivity contribution in [1.29, 1.82) is 0 Å². The van der Waals surface area contributed by atoms with Gasteiger partial charge in [-0.25, -0.2) is 0 Å². The number of nitrogens with two attached hydrogens (primary N) is 1. The number of anilines is 1. The predicted molar refractivity (Wildman–Crippen MR) is 77.3 cm³/mol. The average molecular weight is 309 g/mol. The van der Waals surface area contributed by atoms with Crippen molar-refractivity contribution in [2.75, 3.05) is 5.73 Å². The molecule has 0 saturated heterocycles. The molecule has 0 unspecified atom stereocenters. The zero-order chi connectivity index (χ0) is 13.3. The van der Waals surface area contributed by atoms with Gasteiger partial charge in [0.2, 0.25) is 0 Å². The third kappa shape index (κ3) is 2.58. The number of nitrogen functional groups attached to an aromatic ring is 1. The number of halogens is 1. The van der Waals surface area contributed by atoms with Gasteiger partial charge < -0.3 is 10.3 Å². The van der Waals surface area contributed by atoms with Gasteiger partial charge in [0, 0.05) is 15.6 Å². The van der Waals surface area contributed by atoms with Gasteiger partial charge in [-0.15, -0.1) is 0 Å². The van der Waals surface area contributed by atoms with E-state index in [-0.39, 0.29) is 0 Å². The van der Waals surface area contributed by atoms with Crippen LogP contribution in [0.25, 0.3) is 11.3 Å². The van der Waals surface area contributed by atoms with E-state index in [2.05, 4.69) is 47.9 Å². The van der Waals surface area contributed by atoms with Gasteiger partial charge in [-0.2, -0.15) is 0 Å². The second-order valence-electron chi connectivity index (χ2n) is 4.94. The summed E-state index contributed by atoms with van der Waals surface area (Å²) < 4.78 is 6.47. The molecule has 18 heavy (non-hydrogen) atoms. The third-order valence-electron chi connectivity index (χ3n) is 2.85. The number of aryl methyl sites for hydroxylation is 1. The van der Waals surface area contributed by atoms with Crippen molar-refractivity contribution < 1.29 is 4.52 Å². The molecule has 2 rings (SSSR count). The maximum atomic E-state index is 5.88. The van der Waals surface area contributed by atoms with Crippen LogP contribution in [-0.4, -0.2) is 5.16 Å². The van der Waals surface area contributed by atoms with E-state index in [9.17, 15) is 0 Å². The molecule has 0 fully saturated rings. The molecule has 0 saturated carbocycles. The first-order valence-electron chi connectivity index (χ1n) is 5.99. The molecule has 1 aromatic carbocycles. The number of aromatic nitrogens is 1. The van der Waals surface area contributed by atoms with Crippen LogP contribution in [0.3, 0.4) is 0 Å². The van der Waals surface area contributed by atoms with E-state index in [1.165, 1.54) is 0 Å². The van der Waals surface area contributed by atoms with Crippen LogP contribution in [-0.2, 0) is 6.42 Å². The lowest BCUT2D eigenvalue weighted by molar-refractivity contribution is 0.434. The largest absolute Gasteiger partial charge is 0.381 e. The van der Waals surface area contributed by atoms with Crippen molar-refractivity contribution in [3.05, 3.63) is 33.8 Å². The van der Waals surface area contributed by atoms with Gasteiger partial charge in [-0.3, -0.25) is 0 Å². The Hall–Kier alpha value is -1.29. The summed E-state index contributed by atoms with van der Waals surface area (Å²) in [6.45, 7) is 6.36. The first-order chi connectivity index (χ1) is 8.49. The van der Waals surface area contributed by atoms with E-state index in [0.29, 0.717) is 11.7 Å². The second-order valence-corrected chi connectivity index (χ2v) is 5.79. The van der Waals surface area contributed by atoms with Gasteiger partial charge in [0.05, 0.1) is 0 Å². The molecule has 4 heteroatoms. The molecule has 2 aromatic rings. The van der Waals surface area contributed by atoms with Gasteiger partial charge >= 0.3 is 0 Å². The van der Waals surface area contributed by atoms with Gasteiger partial charge in [0.15, 0.2) is 11.6 Å². The highest BCUT2D eigenvalue weighted by molar-refractivity contribution is 9.10. The first-order valence-corrected chi connectivity index (χ1v) is 6.79. The van der Waals surface area contributed by atoms with E-state index >= 15 is 0 Å². The van der Waals surface area contributed by atoms with Crippen molar-refractivity contribution in [3.8, 4) is 11.3 Å². The number of benzene rings is 1. The second kappa shape index (κ2) is 5.14. The number of hydrogen-bond acceptors (Lipinski definition) is 3. The Morgan fingerprint density at radius 3 is 2.72 bits per heavy atom. The zero-order valence-corrected chi connectivity index (χ0v) is 12.4. The van der Waals surface area contributed by atoms with E-state index in [1.54, 1.807) is 0 Å². The van der Waals surface area contributed by atoms with Crippen LogP contribution < -0.4 is 5.73 Å². The normalized spacial score (nSPS) is 11.2. The lowest BCUT2D eigenvalue weighted by Gasteiger charge is -2.06. The van der Waals surface area contributed by atoms with Crippen molar-refractivity contribution in [2.24, 2.45) is 5.92 Å². The predicted octanol–water partition coefficient (Wildman–Crippen LogP) is 4.19. The topological polar surface area (TPSA) is 52.0 Å². The molecule has 2 N–H and O–H groups in total. The Morgan fingerprint density at radius 2 is 2.11 bits per heavy atom. The summed E-state index contributed by atoms with van der Waals surface area (Å²) in [5.41, 5.74) is 9.08. The molecule has 0 aliphatic heterocycles. The highest BCUT2D eigenvalue weighted by Crippen LogP contribution is 2.31. The Kier molecular flexibility index (Phi) is 3.76. The fourth-order valence-corrected chi connectivity index (χ4v) is 2.19. The van der Waals surface area contributed by atoms with Gasteiger partial charge in [0.1, 0.15) is 0 Å². The molecule has 0 amide bonds. The lowest BCUT2D eigenvalue weighted by atomic mass is 9.99. The maximum Gasteiger partial charge on any atom is 0.172 e. The van der Waals surface area contributed by atoms with E-state index in [0.717, 1.165) is 33.3 Å². The van der Waals surface area contributed by atoms with Gasteiger partial charge in [0.25, 0.3) is 0 Å². The summed E-state index contributed by atoms with van der Waals surface area (Å²) in [5.74, 6) is 1.80. The molecule has 3 nitrogen and oxygen atoms in total. The van der Waals surface area contributed by atoms with Crippen LogP contribution in [0.15, 0.2) is 27.2 Å². The Labute approximate surface area is 115 Å². The summed E-state index contributed by atoms with van der Waals surface area (Å²) >= 11 is 3.50. The summed E-state index contributed by atoms with van der Waals surface area (Å²) in [4.78, 5) is 0. The summed E-state index contributed by atoms with van der Waals surface area (Å²) in [6.07, 6.45) is 0.875. The zero-order valence-electron chi connectivity index (χ0n) is 10.8. The summed E-state index contributed by atoms with van der Waals surface area (Å²) in [6, 6.07) is 6.11. The molecule has 0 atom stereocenters. The highest BCUT2D eigenvalue weighted by atomic mass is 79.9. The van der Waals surface area contributed by atoms with Gasteiger partial charge in [-0.05, 0) is 43.0 Å². The molecule has 1 heterocycles. The molecule has 0 aliphatic rings. The molecular formula is C14H17BrN2O. The molecular weight excluding hydrogens is 292 g/mol. The van der Waals surface area contributed by atoms with Crippen molar-refractivity contribution in [3.63, 3.8) is 0 Å². The third-order valence-corrected chi connectivity index (χ3v) is 3.74. The van der Waals surface area contributed by atoms with Crippen LogP contribution in [0.5, 0.6) is 0 Å². The fourth-order valence-electron chi connectivity index (χ4n) is 1.94. The first kappa shape index (κ1) is 13.1. The molecule has 1 aromatic heterocycles. The van der Waals surface area contributed by atoms with Crippen LogP contribution in [0.4, 0.5) is 5.82 Å². The number of rotatable bonds is 3. The molecule has 0 spiro atoms. The number of hydrogen-bond donors (Lipinski definition) is 1. The summed E-state index contributed by atoms with van der Waals surface area (Å²) in [5, 5.41) is 3.89. The smallest absolute Gasteiger partial charge is 0.172 e. The molecule has 96 valence electrons. The van der Waals surface area contributed by atoms with Crippen LogP contribution in [0.2, 0.25) is 0 Å². The van der Waals surface area contributed by atoms with E-state index in [1.807, 2.05) is 12.1 Å². The Bertz CT molecular complexity index is 561. The average Bonchev–Trinajstić information content (AvgIpc) is 2.64. The molecule has 0 bridgehead atoms. The monoisotopic (exact) mass is 308 g/mol. The fraction of sp³-hybridized carbons (Fsp3) is 0.357. The SMILES string of the molecule is Cc1cc(-c2onc(N)c2CC(C)C)ccc1Br. The quantitative estimate of drug-likeness (QED) is 0.924. The lowest BCUT2D eigenvalue weighted by Crippen LogP contribution is -1.99. The van der Waals surface area contributed by atoms with Crippen molar-refractivity contribution >= 4 is 21.7 Å². The van der Waals surface area contributed by atoms with E-state index in [4.69, 9.17) is 10.3 Å². The maximum absolute atomic E-state index is 5.88. The van der Waals surface area contributed by atoms with Crippen molar-refractivity contribution in [1.82, 2.24) is 5.16 Å². The Morgan fingerprint density at radius 1 is 1.39 bits per heavy atom. The molecule has 0 aliphatic carbocycles. The molecule has 0 radical (unpaired) electrons. The minimum atomic E-state index is 0.499. The standard InChI is InChI=1S/C14H17BrN2O/c1-8(2)6-11-13(18-17-14(11)16)10-4-5-12(15)9(3)7-10/h4-5,7-8H,6H2,1-3H3,(H2,16,17). The number of nitrogens with zero attached hydrogens (tertiary/aromatic N) is 1.